The average molecular weight is 526 g/mol. The number of hydrogen-bond donors (Lipinski definition) is 4. The molecular formula is C20H31NO13S-2. The van der Waals surface area contributed by atoms with Crippen LogP contribution in [0.3, 0.4) is 0 Å². The lowest BCUT2D eigenvalue weighted by Gasteiger charge is -2.55. The Labute approximate surface area is 202 Å². The van der Waals surface area contributed by atoms with Crippen molar-refractivity contribution < 1.29 is 61.4 Å². The summed E-state index contributed by atoms with van der Waals surface area (Å²) in [5, 5.41) is 45.3. The summed E-state index contributed by atoms with van der Waals surface area (Å²) in [5.41, 5.74) is -4.46. The smallest absolute Gasteiger partial charge is 0.217 e. The molecule has 35 heavy (non-hydrogen) atoms. The number of nitrogens with one attached hydrogen (secondary N) is 1. The van der Waals surface area contributed by atoms with Crippen molar-refractivity contribution in [1.29, 1.82) is 0 Å². The molecule has 0 aliphatic carbocycles. The fourth-order valence-corrected chi connectivity index (χ4v) is 4.49. The molecule has 15 heteroatoms. The molecule has 0 aromatic rings. The van der Waals surface area contributed by atoms with Crippen LogP contribution in [0.2, 0.25) is 0 Å². The quantitative estimate of drug-likeness (QED) is 0.171. The number of aliphatic hydroxyl groups is 3. The Hall–Kier alpha value is -1.85. The van der Waals surface area contributed by atoms with Gasteiger partial charge in [0.25, 0.3) is 0 Å². The molecule has 1 saturated heterocycles. The van der Waals surface area contributed by atoms with E-state index >= 15 is 0 Å². The topological polar surface area (TPSA) is 224 Å². The molecule has 4 N–H and O–H groups in total. The molecular weight excluding hydrogens is 494 g/mol. The molecule has 7 atom stereocenters. The van der Waals surface area contributed by atoms with E-state index in [0.29, 0.717) is 0 Å². The van der Waals surface area contributed by atoms with Crippen LogP contribution in [-0.4, -0.2) is 102 Å². The van der Waals surface area contributed by atoms with Crippen molar-refractivity contribution in [1.82, 2.24) is 5.32 Å². The van der Waals surface area contributed by atoms with E-state index in [2.05, 4.69) is 9.50 Å². The van der Waals surface area contributed by atoms with Gasteiger partial charge in [-0.1, -0.05) is 6.92 Å². The molecule has 1 fully saturated rings. The fraction of sp³-hybridized carbons (Fsp3) is 0.800. The maximum atomic E-state index is 11.7. The van der Waals surface area contributed by atoms with Crippen LogP contribution in [0.25, 0.3) is 0 Å². The predicted octanol–water partition coefficient (Wildman–Crippen LogP) is -3.33. The maximum absolute atomic E-state index is 11.7. The number of hydrogen-bond acceptors (Lipinski definition) is 13. The molecule has 0 aromatic carbocycles. The van der Waals surface area contributed by atoms with Gasteiger partial charge in [0.05, 0.1) is 43.7 Å². The van der Waals surface area contributed by atoms with Crippen LogP contribution in [-0.2, 0) is 38.4 Å². The van der Waals surface area contributed by atoms with Crippen LogP contribution in [0.4, 0.5) is 0 Å². The van der Waals surface area contributed by atoms with Crippen molar-refractivity contribution in [2.24, 2.45) is 5.41 Å². The summed E-state index contributed by atoms with van der Waals surface area (Å²) in [6.45, 7) is 5.34. The Morgan fingerprint density at radius 3 is 2.26 bits per heavy atom. The van der Waals surface area contributed by atoms with Gasteiger partial charge in [-0.05, 0) is 26.8 Å². The first-order valence-corrected chi connectivity index (χ1v) is 11.9. The number of amides is 1. The minimum absolute atomic E-state index is 0.417. The van der Waals surface area contributed by atoms with E-state index in [1.54, 1.807) is 13.8 Å². The van der Waals surface area contributed by atoms with Gasteiger partial charge in [0.2, 0.25) is 16.3 Å². The van der Waals surface area contributed by atoms with E-state index in [-0.39, 0.29) is 0 Å². The third-order valence-electron chi connectivity index (χ3n) is 6.26. The maximum Gasteiger partial charge on any atom is 0.217 e. The lowest BCUT2D eigenvalue weighted by Crippen LogP contribution is -2.71. The van der Waals surface area contributed by atoms with Crippen molar-refractivity contribution >= 4 is 22.3 Å². The molecule has 2 aliphatic heterocycles. The summed E-state index contributed by atoms with van der Waals surface area (Å²) in [5.74, 6) is -2.91. The number of carbonyl (C=O) groups excluding carboxylic acids is 2. The summed E-state index contributed by atoms with van der Waals surface area (Å²) in [6.07, 6.45) is -5.05. The summed E-state index contributed by atoms with van der Waals surface area (Å²) in [6, 6.07) is -0.991. The fourth-order valence-electron chi connectivity index (χ4n) is 4.20. The van der Waals surface area contributed by atoms with Crippen molar-refractivity contribution in [2.75, 3.05) is 19.8 Å². The molecule has 3 unspecified atom stereocenters. The number of rotatable bonds is 9. The van der Waals surface area contributed by atoms with Crippen LogP contribution >= 0.6 is 0 Å². The van der Waals surface area contributed by atoms with Crippen molar-refractivity contribution in [3.8, 4) is 0 Å². The number of aliphatic hydroxyl groups excluding tert-OH is 3. The van der Waals surface area contributed by atoms with E-state index in [1.165, 1.54) is 20.8 Å². The van der Waals surface area contributed by atoms with E-state index in [9.17, 15) is 43.0 Å². The van der Waals surface area contributed by atoms with Crippen molar-refractivity contribution in [2.45, 2.75) is 76.3 Å². The normalized spacial score (nSPS) is 37.2. The second kappa shape index (κ2) is 10.3. The van der Waals surface area contributed by atoms with E-state index in [4.69, 9.17) is 14.2 Å². The van der Waals surface area contributed by atoms with Gasteiger partial charge in [0, 0.05) is 12.3 Å². The van der Waals surface area contributed by atoms with E-state index < -0.39 is 94.9 Å². The van der Waals surface area contributed by atoms with Gasteiger partial charge in [-0.25, -0.2) is 8.42 Å². The second-order valence-electron chi connectivity index (χ2n) is 9.69. The molecule has 0 radical (unpaired) electrons. The van der Waals surface area contributed by atoms with Gasteiger partial charge in [-0.2, -0.15) is 0 Å². The highest BCUT2D eigenvalue weighted by Crippen LogP contribution is 2.42. The van der Waals surface area contributed by atoms with Gasteiger partial charge >= 0.3 is 0 Å². The molecule has 14 nitrogen and oxygen atoms in total. The Morgan fingerprint density at radius 2 is 1.74 bits per heavy atom. The highest BCUT2D eigenvalue weighted by molar-refractivity contribution is 7.80. The van der Waals surface area contributed by atoms with Crippen molar-refractivity contribution in [3.63, 3.8) is 0 Å². The Bertz CT molecular complexity index is 951. The SMILES string of the molecule is CC(=O)NC1[C@H](O)[C@](C)(COC[C@@]2(C)OC(C(=O)[O-])=C[C@@H](O)C2O)C(COS(=O)(=O)[O-])OC1(C)C. The van der Waals surface area contributed by atoms with Crippen LogP contribution in [0.5, 0.6) is 0 Å². The summed E-state index contributed by atoms with van der Waals surface area (Å²) in [4.78, 5) is 22.9. The highest BCUT2D eigenvalue weighted by Gasteiger charge is 2.57. The molecule has 0 saturated carbocycles. The number of aliphatic carboxylic acids is 1. The van der Waals surface area contributed by atoms with Gasteiger partial charge in [-0.3, -0.25) is 8.98 Å². The number of ether oxygens (including phenoxy) is 3. The number of carboxylic acid groups (broad SMARTS) is 1. The molecule has 2 rings (SSSR count). The van der Waals surface area contributed by atoms with E-state index in [0.717, 1.165) is 6.08 Å². The van der Waals surface area contributed by atoms with Gasteiger partial charge < -0.3 is 49.3 Å². The van der Waals surface area contributed by atoms with Crippen LogP contribution < -0.4 is 10.4 Å². The largest absolute Gasteiger partial charge is 0.726 e. The molecule has 0 spiro atoms. The van der Waals surface area contributed by atoms with Crippen molar-refractivity contribution in [3.05, 3.63) is 11.8 Å². The summed E-state index contributed by atoms with van der Waals surface area (Å²) >= 11 is 0. The summed E-state index contributed by atoms with van der Waals surface area (Å²) in [7, 11) is -5.11. The molecule has 2 aliphatic rings. The zero-order valence-corrected chi connectivity index (χ0v) is 20.7. The minimum Gasteiger partial charge on any atom is -0.726 e. The first-order valence-electron chi connectivity index (χ1n) is 10.6. The number of carboxylic acids is 1. The molecule has 2 heterocycles. The van der Waals surface area contributed by atoms with Crippen LogP contribution in [0.15, 0.2) is 11.8 Å². The standard InChI is InChI=1S/C20H33NO13S/c1-10(22)21-14-16(25)19(4,13(34-18(14,2)3)7-32-35(28,29)30)8-31-9-20(5)15(24)11(23)6-12(33-20)17(26)27/h6,11,13-16,23-25H,7-9H2,1-5H3,(H,21,22)(H,26,27)(H,28,29,30)/p-2/t11-,13?,14?,15?,16+,19-,20-/m1/s1. The van der Waals surface area contributed by atoms with Crippen LogP contribution in [0, 0.1) is 5.41 Å². The second-order valence-corrected chi connectivity index (χ2v) is 10.7. The molecule has 202 valence electrons. The number of carbonyl (C=O) groups is 2. The monoisotopic (exact) mass is 525 g/mol. The Balaban J connectivity index is 2.29. The van der Waals surface area contributed by atoms with Gasteiger partial charge in [0.1, 0.15) is 23.9 Å². The molecule has 1 amide bonds. The Kier molecular flexibility index (Phi) is 8.61. The zero-order chi connectivity index (χ0) is 27.0. The third kappa shape index (κ3) is 6.68. The lowest BCUT2D eigenvalue weighted by molar-refractivity contribution is -0.307. The lowest BCUT2D eigenvalue weighted by atomic mass is 9.70. The first-order chi connectivity index (χ1) is 15.8. The molecule has 0 aromatic heterocycles. The van der Waals surface area contributed by atoms with Gasteiger partial charge in [-0.15, -0.1) is 0 Å². The average Bonchev–Trinajstić information content (AvgIpc) is 2.70. The third-order valence-corrected chi connectivity index (χ3v) is 6.69. The zero-order valence-electron chi connectivity index (χ0n) is 19.9. The summed E-state index contributed by atoms with van der Waals surface area (Å²) < 4.78 is 54.3. The Morgan fingerprint density at radius 1 is 1.14 bits per heavy atom. The highest BCUT2D eigenvalue weighted by atomic mass is 32.3. The first kappa shape index (κ1) is 29.4. The minimum atomic E-state index is -5.11. The van der Waals surface area contributed by atoms with Crippen LogP contribution in [0.1, 0.15) is 34.6 Å². The molecule has 0 bridgehead atoms. The van der Waals surface area contributed by atoms with Gasteiger partial charge in [0.15, 0.2) is 5.60 Å². The van der Waals surface area contributed by atoms with E-state index in [1.807, 2.05) is 0 Å². The predicted molar refractivity (Wildman–Crippen MR) is 112 cm³/mol.